The zero-order chi connectivity index (χ0) is 38.4. The first-order valence-electron chi connectivity index (χ1n) is 17.1. The first-order chi connectivity index (χ1) is 24.5. The average Bonchev–Trinajstić information content (AvgIpc) is 3.63. The Labute approximate surface area is 305 Å². The van der Waals surface area contributed by atoms with Crippen molar-refractivity contribution in [3.63, 3.8) is 0 Å². The van der Waals surface area contributed by atoms with Gasteiger partial charge < -0.3 is 41.0 Å². The summed E-state index contributed by atoms with van der Waals surface area (Å²) in [5, 5.41) is 10.7. The molecule has 0 aliphatic carbocycles. The van der Waals surface area contributed by atoms with Gasteiger partial charge in [-0.15, -0.1) is 0 Å². The van der Waals surface area contributed by atoms with E-state index in [-0.39, 0.29) is 28.7 Å². The van der Waals surface area contributed by atoms with E-state index in [2.05, 4.69) is 54.6 Å². The van der Waals surface area contributed by atoms with Crippen LogP contribution in [0.1, 0.15) is 71.0 Å². The predicted molar refractivity (Wildman–Crippen MR) is 206 cm³/mol. The number of nitrogens with two attached hydrogens (primary N) is 3. The maximum atomic E-state index is 13.4. The third-order valence-corrected chi connectivity index (χ3v) is 13.6. The third kappa shape index (κ3) is 9.11. The molecule has 3 amide bonds. The smallest absolute Gasteiger partial charge is 0.276 e. The second kappa shape index (κ2) is 16.3. The van der Waals surface area contributed by atoms with Gasteiger partial charge in [-0.05, 0) is 62.3 Å². The molecule has 0 radical (unpaired) electrons. The summed E-state index contributed by atoms with van der Waals surface area (Å²) in [6.07, 6.45) is 4.39. The van der Waals surface area contributed by atoms with Gasteiger partial charge in [-0.2, -0.15) is 5.10 Å². The molecule has 0 bridgehead atoms. The number of carbonyl (C=O) groups is 3. The molecule has 0 spiro atoms. The molecule has 0 aliphatic heterocycles. The van der Waals surface area contributed by atoms with Crippen molar-refractivity contribution < 1.29 is 28.3 Å². The molecule has 2 heterocycles. The van der Waals surface area contributed by atoms with E-state index in [1.54, 1.807) is 27.4 Å². The van der Waals surface area contributed by atoms with Crippen molar-refractivity contribution in [3.05, 3.63) is 65.0 Å². The lowest BCUT2D eigenvalue weighted by molar-refractivity contribution is 0.0991. The van der Waals surface area contributed by atoms with Crippen LogP contribution in [0.25, 0.3) is 11.0 Å². The number of nitrogens with zero attached hydrogens (tertiary/aromatic N) is 4. The number of aryl methyl sites for hydroxylation is 2. The lowest BCUT2D eigenvalue weighted by Gasteiger charge is -2.36. The summed E-state index contributed by atoms with van der Waals surface area (Å²) in [7, 11) is -0.415. The average molecular weight is 734 g/mol. The molecule has 280 valence electrons. The Hall–Kier alpha value is -5.35. The molecule has 2 aromatic carbocycles. The van der Waals surface area contributed by atoms with Crippen LogP contribution in [0.15, 0.2) is 42.5 Å². The van der Waals surface area contributed by atoms with Crippen LogP contribution < -0.4 is 37.3 Å². The summed E-state index contributed by atoms with van der Waals surface area (Å²) >= 11 is 0. The molecule has 15 nitrogen and oxygen atoms in total. The van der Waals surface area contributed by atoms with Gasteiger partial charge in [0.1, 0.15) is 28.4 Å². The first kappa shape index (κ1) is 39.4. The third-order valence-electron chi connectivity index (χ3n) is 9.05. The molecule has 0 saturated heterocycles. The summed E-state index contributed by atoms with van der Waals surface area (Å²) < 4.78 is 21.3. The molecule has 4 aromatic rings. The first-order valence-corrected chi connectivity index (χ1v) is 20.0. The monoisotopic (exact) mass is 733 g/mol. The summed E-state index contributed by atoms with van der Waals surface area (Å²) in [6, 6.07) is 7.87. The highest BCUT2D eigenvalue weighted by Gasteiger charge is 2.36. The Morgan fingerprint density at radius 2 is 1.65 bits per heavy atom. The minimum Gasteiger partial charge on any atom is -0.494 e. The van der Waals surface area contributed by atoms with Crippen molar-refractivity contribution in [2.45, 2.75) is 72.3 Å². The van der Waals surface area contributed by atoms with Crippen LogP contribution in [0.2, 0.25) is 18.1 Å². The molecule has 0 unspecified atom stereocenters. The Morgan fingerprint density at radius 3 is 2.29 bits per heavy atom. The highest BCUT2D eigenvalue weighted by molar-refractivity contribution is 6.74. The van der Waals surface area contributed by atoms with Crippen molar-refractivity contribution in [3.8, 4) is 11.5 Å². The minimum atomic E-state index is -1.89. The number of primary amides is 2. The Kier molecular flexibility index (Phi) is 12.4. The van der Waals surface area contributed by atoms with Crippen LogP contribution in [-0.2, 0) is 17.5 Å². The van der Waals surface area contributed by atoms with E-state index in [0.717, 1.165) is 0 Å². The molecular weight excluding hydrogens is 683 g/mol. The van der Waals surface area contributed by atoms with Gasteiger partial charge in [-0.3, -0.25) is 24.4 Å². The Bertz CT molecular complexity index is 1980. The molecule has 52 heavy (non-hydrogen) atoms. The number of nitrogen functional groups attached to an aromatic ring is 1. The van der Waals surface area contributed by atoms with E-state index in [0.29, 0.717) is 78.0 Å². The summed E-state index contributed by atoms with van der Waals surface area (Å²) in [5.41, 5.74) is 20.8. The number of ether oxygens (including phenoxy) is 2. The number of aromatic nitrogens is 4. The largest absolute Gasteiger partial charge is 0.494 e. The van der Waals surface area contributed by atoms with Gasteiger partial charge in [0.2, 0.25) is 17.8 Å². The maximum Gasteiger partial charge on any atom is 0.276 e. The molecule has 4 rings (SSSR count). The van der Waals surface area contributed by atoms with Gasteiger partial charge in [0.25, 0.3) is 5.91 Å². The van der Waals surface area contributed by atoms with E-state index in [1.165, 1.54) is 19.2 Å². The van der Waals surface area contributed by atoms with E-state index in [1.807, 2.05) is 26.0 Å². The summed E-state index contributed by atoms with van der Waals surface area (Å²) in [5.74, 6) is -0.658. The van der Waals surface area contributed by atoms with Crippen molar-refractivity contribution in [1.29, 1.82) is 0 Å². The van der Waals surface area contributed by atoms with Gasteiger partial charge >= 0.3 is 0 Å². The number of carbonyl (C=O) groups excluding carboxylic acids is 3. The van der Waals surface area contributed by atoms with Crippen molar-refractivity contribution in [2.75, 3.05) is 43.2 Å². The topological polar surface area (TPSA) is 217 Å². The number of fused-ring (bicyclic) bond motifs is 1. The quantitative estimate of drug-likeness (QED) is 0.0421. The molecule has 8 N–H and O–H groups in total. The molecule has 16 heteroatoms. The molecule has 0 atom stereocenters. The van der Waals surface area contributed by atoms with Gasteiger partial charge in [0, 0.05) is 43.8 Å². The van der Waals surface area contributed by atoms with E-state index in [9.17, 15) is 14.4 Å². The summed E-state index contributed by atoms with van der Waals surface area (Å²) in [6.45, 7) is 16.7. The molecule has 2 aromatic heterocycles. The normalized spacial score (nSPS) is 12.0. The van der Waals surface area contributed by atoms with Crippen molar-refractivity contribution in [2.24, 2.45) is 11.5 Å². The minimum absolute atomic E-state index is 0.0994. The second-order valence-electron chi connectivity index (χ2n) is 13.9. The van der Waals surface area contributed by atoms with Crippen LogP contribution in [-0.4, -0.2) is 72.2 Å². The molecule has 0 saturated carbocycles. The van der Waals surface area contributed by atoms with Crippen LogP contribution >= 0.6 is 0 Å². The number of rotatable bonds is 17. The SMILES string of the molecule is CCn1nc(C)cc1C(=O)Nc1nc2cc(C(N)=O)cc(OC)c2n1CC=CCNc1c(N)cc(C(N)=O)cc1OCCCO[Si](C)(C)C(C)(C)C. The van der Waals surface area contributed by atoms with Crippen LogP contribution in [0, 0.1) is 6.92 Å². The van der Waals surface area contributed by atoms with Gasteiger partial charge in [-0.1, -0.05) is 32.9 Å². The lowest BCUT2D eigenvalue weighted by atomic mass is 10.1. The number of methoxy groups -OCH3 is 1. The number of hydrogen-bond donors (Lipinski definition) is 5. The predicted octanol–water partition coefficient (Wildman–Crippen LogP) is 5.06. The van der Waals surface area contributed by atoms with Crippen LogP contribution in [0.3, 0.4) is 0 Å². The van der Waals surface area contributed by atoms with Crippen molar-refractivity contribution >= 4 is 54.4 Å². The number of amides is 3. The highest BCUT2D eigenvalue weighted by Crippen LogP contribution is 2.37. The van der Waals surface area contributed by atoms with Crippen LogP contribution in [0.4, 0.5) is 17.3 Å². The zero-order valence-electron chi connectivity index (χ0n) is 31.3. The molecule has 0 aliphatic rings. The number of hydrogen-bond acceptors (Lipinski definition) is 10. The number of imidazole rings is 1. The van der Waals surface area contributed by atoms with Gasteiger partial charge in [0.05, 0.1) is 30.6 Å². The maximum absolute atomic E-state index is 13.4. The zero-order valence-corrected chi connectivity index (χ0v) is 32.3. The highest BCUT2D eigenvalue weighted by atomic mass is 28.4. The number of nitrogens with one attached hydrogen (secondary N) is 2. The van der Waals surface area contributed by atoms with Crippen molar-refractivity contribution in [1.82, 2.24) is 19.3 Å². The fraction of sp³-hybridized carbons (Fsp3) is 0.417. The van der Waals surface area contributed by atoms with Crippen LogP contribution in [0.5, 0.6) is 11.5 Å². The standard InChI is InChI=1S/C36H51N9O6Si/c1-9-45-27(17-22(2)43-45)34(48)42-35-41-26-19-24(33(39)47)21-29(49-6)31(26)44(35)14-11-10-13-40-30-25(37)18-23(32(38)46)20-28(30)50-15-12-16-51-52(7,8)36(3,4)5/h10-11,17-21,40H,9,12-16,37H2,1-8H3,(H2,38,46)(H2,39,47)(H,41,42,48). The van der Waals surface area contributed by atoms with E-state index in [4.69, 9.17) is 31.1 Å². The Morgan fingerprint density at radius 1 is 0.981 bits per heavy atom. The fourth-order valence-electron chi connectivity index (χ4n) is 5.23. The Balaban J connectivity index is 1.54. The number of anilines is 3. The summed E-state index contributed by atoms with van der Waals surface area (Å²) in [4.78, 5) is 42.1. The number of benzene rings is 2. The van der Waals surface area contributed by atoms with Gasteiger partial charge in [-0.25, -0.2) is 4.98 Å². The second-order valence-corrected chi connectivity index (χ2v) is 18.7. The number of allylic oxidation sites excluding steroid dienone is 1. The van der Waals surface area contributed by atoms with Gasteiger partial charge in [0.15, 0.2) is 8.32 Å². The molecular formula is C36H51N9O6Si. The lowest BCUT2D eigenvalue weighted by Crippen LogP contribution is -2.41. The molecule has 0 fully saturated rings. The van der Waals surface area contributed by atoms with E-state index >= 15 is 0 Å². The van der Waals surface area contributed by atoms with E-state index < -0.39 is 26.0 Å². The fourth-order valence-corrected chi connectivity index (χ4v) is 6.32.